The van der Waals surface area contributed by atoms with Crippen molar-refractivity contribution in [3.63, 3.8) is 0 Å². The molecule has 0 bridgehead atoms. The minimum Gasteiger partial charge on any atom is -0.478 e. The van der Waals surface area contributed by atoms with Crippen LogP contribution in [0.4, 0.5) is 14.5 Å². The van der Waals surface area contributed by atoms with E-state index in [-0.39, 0.29) is 42.0 Å². The van der Waals surface area contributed by atoms with Crippen molar-refractivity contribution in [2.75, 3.05) is 31.1 Å². The van der Waals surface area contributed by atoms with Gasteiger partial charge in [0.05, 0.1) is 0 Å². The zero-order valence-electron chi connectivity index (χ0n) is 26.0. The molecule has 5 rings (SSSR count). The van der Waals surface area contributed by atoms with Crippen LogP contribution >= 0.6 is 0 Å². The molecular weight excluding hydrogens is 608 g/mol. The summed E-state index contributed by atoms with van der Waals surface area (Å²) in [6.07, 6.45) is 1.36. The Kier molecular flexibility index (Phi) is 10.6. The lowest BCUT2D eigenvalue weighted by Gasteiger charge is -2.33. The molecule has 0 atom stereocenters. The summed E-state index contributed by atoms with van der Waals surface area (Å²) in [5, 5.41) is 12.6. The molecule has 3 aromatic carbocycles. The third-order valence-corrected chi connectivity index (χ3v) is 7.98. The van der Waals surface area contributed by atoms with Gasteiger partial charge in [-0.2, -0.15) is 13.8 Å². The van der Waals surface area contributed by atoms with Crippen LogP contribution in [-0.4, -0.2) is 48.1 Å². The molecular formula is C35H37F2N5O5. The van der Waals surface area contributed by atoms with Gasteiger partial charge in [-0.25, -0.2) is 4.79 Å². The van der Waals surface area contributed by atoms with Crippen molar-refractivity contribution in [2.45, 2.75) is 32.7 Å². The minimum atomic E-state index is -1.29. The summed E-state index contributed by atoms with van der Waals surface area (Å²) in [5.74, 6) is -5.07. The molecule has 1 aromatic heterocycles. The molecule has 12 heteroatoms. The highest BCUT2D eigenvalue weighted by Gasteiger charge is 2.32. The normalized spacial score (nSPS) is 13.3. The van der Waals surface area contributed by atoms with Gasteiger partial charge < -0.3 is 36.3 Å². The number of hydrogen-bond acceptors (Lipinski definition) is 8. The van der Waals surface area contributed by atoms with Gasteiger partial charge in [-0.3, -0.25) is 4.79 Å². The van der Waals surface area contributed by atoms with E-state index in [0.29, 0.717) is 44.5 Å². The predicted molar refractivity (Wildman–Crippen MR) is 174 cm³/mol. The molecule has 246 valence electrons. The van der Waals surface area contributed by atoms with Gasteiger partial charge in [-0.05, 0) is 85.3 Å². The van der Waals surface area contributed by atoms with Crippen LogP contribution in [0.3, 0.4) is 0 Å². The number of aryl methyl sites for hydroxylation is 1. The summed E-state index contributed by atoms with van der Waals surface area (Å²) in [5.41, 5.74) is 13.9. The first kappa shape index (κ1) is 33.3. The fourth-order valence-corrected chi connectivity index (χ4v) is 5.45. The Hall–Kier alpha value is -5.07. The number of piperidine rings is 1. The fraction of sp³-hybridized carbons (Fsp3) is 0.286. The first-order chi connectivity index (χ1) is 22.7. The summed E-state index contributed by atoms with van der Waals surface area (Å²) >= 11 is 0. The summed E-state index contributed by atoms with van der Waals surface area (Å²) in [6.45, 7) is 3.34. The van der Waals surface area contributed by atoms with Gasteiger partial charge >= 0.3 is 5.97 Å². The van der Waals surface area contributed by atoms with Gasteiger partial charge in [0.25, 0.3) is 11.8 Å². The number of nitrogens with zero attached hydrogens (tertiary/aromatic N) is 2. The number of ether oxygens (including phenoxy) is 2. The van der Waals surface area contributed by atoms with Crippen LogP contribution in [0.2, 0.25) is 0 Å². The lowest BCUT2D eigenvalue weighted by atomic mass is 9.95. The third-order valence-electron chi connectivity index (χ3n) is 7.98. The van der Waals surface area contributed by atoms with Crippen molar-refractivity contribution in [2.24, 2.45) is 17.4 Å². The Labute approximate surface area is 271 Å². The number of anilines is 1. The lowest BCUT2D eigenvalue weighted by molar-refractivity contribution is -0.125. The maximum atomic E-state index is 16.3. The number of amides is 1. The molecule has 47 heavy (non-hydrogen) atoms. The SMILES string of the molecule is Cc1ccc(C(=O)O)c(Oc2nc(Oc3cccc(-c4cccc(CN)c4)c3)c(F)c(N3CCC(C(=O)NCCCN)CC3)c2F)c1. The molecule has 2 heterocycles. The standard InChI is InChI=1S/C35H37F2N5O5/c1-21-9-10-27(35(44)45)28(17-21)47-34-30(37)31(42-15-11-23(12-16-42)32(43)40-14-4-13-38)29(36)33(41-34)46-26-8-3-7-25(19-26)24-6-2-5-22(18-24)20-39/h2-3,5-10,17-19,23H,4,11-16,20,38-39H2,1H3,(H,40,43)(H,44,45). The number of carbonyl (C=O) groups is 2. The van der Waals surface area contributed by atoms with Gasteiger partial charge in [-0.1, -0.05) is 36.4 Å². The second kappa shape index (κ2) is 15.0. The number of aromatic nitrogens is 1. The Bertz CT molecular complexity index is 1760. The number of carboxylic acids is 1. The van der Waals surface area contributed by atoms with Crippen LogP contribution in [0.25, 0.3) is 11.1 Å². The van der Waals surface area contributed by atoms with Crippen LogP contribution in [0.5, 0.6) is 23.3 Å². The average Bonchev–Trinajstić information content (AvgIpc) is 3.07. The van der Waals surface area contributed by atoms with Crippen LogP contribution in [-0.2, 0) is 11.3 Å². The number of nitrogens with one attached hydrogen (secondary N) is 1. The lowest BCUT2D eigenvalue weighted by Crippen LogP contribution is -2.41. The number of carbonyl (C=O) groups excluding carboxylic acids is 1. The van der Waals surface area contributed by atoms with E-state index in [4.69, 9.17) is 20.9 Å². The fourth-order valence-electron chi connectivity index (χ4n) is 5.45. The first-order valence-corrected chi connectivity index (χ1v) is 15.4. The maximum absolute atomic E-state index is 16.3. The van der Waals surface area contributed by atoms with E-state index in [9.17, 15) is 14.7 Å². The highest BCUT2D eigenvalue weighted by atomic mass is 19.1. The Morgan fingerprint density at radius 2 is 1.64 bits per heavy atom. The zero-order valence-corrected chi connectivity index (χ0v) is 26.0. The molecule has 4 aromatic rings. The highest BCUT2D eigenvalue weighted by molar-refractivity contribution is 5.91. The van der Waals surface area contributed by atoms with Crippen molar-refractivity contribution in [1.82, 2.24) is 10.3 Å². The van der Waals surface area contributed by atoms with E-state index in [0.717, 1.165) is 16.7 Å². The van der Waals surface area contributed by atoms with Crippen molar-refractivity contribution in [1.29, 1.82) is 0 Å². The molecule has 0 aliphatic carbocycles. The highest BCUT2D eigenvalue weighted by Crippen LogP contribution is 2.40. The monoisotopic (exact) mass is 645 g/mol. The van der Waals surface area contributed by atoms with Gasteiger partial charge in [0.15, 0.2) is 0 Å². The largest absolute Gasteiger partial charge is 0.478 e. The van der Waals surface area contributed by atoms with E-state index < -0.39 is 35.1 Å². The average molecular weight is 646 g/mol. The number of benzene rings is 3. The Morgan fingerprint density at radius 1 is 0.957 bits per heavy atom. The molecule has 1 aliphatic heterocycles. The van der Waals surface area contributed by atoms with E-state index in [1.807, 2.05) is 30.3 Å². The van der Waals surface area contributed by atoms with E-state index >= 15 is 8.78 Å². The van der Waals surface area contributed by atoms with Gasteiger partial charge in [-0.15, -0.1) is 0 Å². The topological polar surface area (TPSA) is 153 Å². The Balaban J connectivity index is 1.50. The number of rotatable bonds is 12. The molecule has 6 N–H and O–H groups in total. The molecule has 0 unspecified atom stereocenters. The second-order valence-corrected chi connectivity index (χ2v) is 11.3. The number of hydrogen-bond donors (Lipinski definition) is 4. The van der Waals surface area contributed by atoms with Crippen molar-refractivity contribution in [3.8, 4) is 34.4 Å². The van der Waals surface area contributed by atoms with Gasteiger partial charge in [0.2, 0.25) is 17.5 Å². The molecule has 1 aliphatic rings. The number of carboxylic acid groups (broad SMARTS) is 1. The van der Waals surface area contributed by atoms with Gasteiger partial charge in [0, 0.05) is 32.1 Å². The number of nitrogens with two attached hydrogens (primary N) is 2. The summed E-state index contributed by atoms with van der Waals surface area (Å²) in [6, 6.07) is 18.9. The quantitative estimate of drug-likeness (QED) is 0.141. The summed E-state index contributed by atoms with van der Waals surface area (Å²) < 4.78 is 44.1. The third kappa shape index (κ3) is 7.84. The molecule has 1 fully saturated rings. The minimum absolute atomic E-state index is 0.126. The summed E-state index contributed by atoms with van der Waals surface area (Å²) in [7, 11) is 0. The molecule has 1 saturated heterocycles. The van der Waals surface area contributed by atoms with E-state index in [2.05, 4.69) is 10.3 Å². The Morgan fingerprint density at radius 3 is 2.32 bits per heavy atom. The van der Waals surface area contributed by atoms with Crippen LogP contribution < -0.4 is 31.2 Å². The van der Waals surface area contributed by atoms with Crippen molar-refractivity contribution < 1.29 is 33.0 Å². The van der Waals surface area contributed by atoms with Crippen LogP contribution in [0, 0.1) is 24.5 Å². The molecule has 10 nitrogen and oxygen atoms in total. The first-order valence-electron chi connectivity index (χ1n) is 15.4. The van der Waals surface area contributed by atoms with E-state index in [1.165, 1.54) is 17.0 Å². The number of aromatic carboxylic acids is 1. The molecule has 0 spiro atoms. The van der Waals surface area contributed by atoms with E-state index in [1.54, 1.807) is 31.2 Å². The maximum Gasteiger partial charge on any atom is 0.339 e. The van der Waals surface area contributed by atoms with Gasteiger partial charge in [0.1, 0.15) is 22.7 Å². The molecule has 1 amide bonds. The number of halogens is 2. The summed E-state index contributed by atoms with van der Waals surface area (Å²) in [4.78, 5) is 30.1. The number of pyridine rings is 1. The van der Waals surface area contributed by atoms with Crippen LogP contribution in [0.1, 0.15) is 40.7 Å². The van der Waals surface area contributed by atoms with Crippen LogP contribution in [0.15, 0.2) is 66.7 Å². The zero-order chi connectivity index (χ0) is 33.5. The smallest absolute Gasteiger partial charge is 0.339 e. The van der Waals surface area contributed by atoms with Crippen molar-refractivity contribution in [3.05, 3.63) is 95.1 Å². The molecule has 0 radical (unpaired) electrons. The van der Waals surface area contributed by atoms with Crippen molar-refractivity contribution >= 4 is 17.6 Å². The molecule has 0 saturated carbocycles. The second-order valence-electron chi connectivity index (χ2n) is 11.3. The predicted octanol–water partition coefficient (Wildman–Crippen LogP) is 5.76.